The van der Waals surface area contributed by atoms with Crippen LogP contribution in [0.5, 0.6) is 0 Å². The molecule has 1 aromatic carbocycles. The minimum Gasteiger partial charge on any atom is -0.288 e. The van der Waals surface area contributed by atoms with E-state index in [4.69, 9.17) is 0 Å². The Morgan fingerprint density at radius 3 is 2.55 bits per heavy atom. The zero-order chi connectivity index (χ0) is 14.7. The Balaban J connectivity index is 2.60. The van der Waals surface area contributed by atoms with Crippen molar-refractivity contribution in [2.75, 3.05) is 0 Å². The molecule has 0 saturated heterocycles. The molecule has 0 saturated carbocycles. The second-order valence-corrected chi connectivity index (χ2v) is 3.87. The first kappa shape index (κ1) is 13.7. The Hall–Kier alpha value is -2.70. The molecule has 0 N–H and O–H groups in total. The van der Waals surface area contributed by atoms with Crippen molar-refractivity contribution in [3.63, 3.8) is 0 Å². The number of pyridine rings is 1. The molecule has 0 aliphatic carbocycles. The van der Waals surface area contributed by atoms with Gasteiger partial charge in [-0.05, 0) is 24.3 Å². The highest BCUT2D eigenvalue weighted by molar-refractivity contribution is 6.11. The summed E-state index contributed by atoms with van der Waals surface area (Å²) in [6.45, 7) is 0. The zero-order valence-corrected chi connectivity index (χ0v) is 9.99. The number of halogens is 2. The molecule has 0 aliphatic heterocycles. The van der Waals surface area contributed by atoms with Crippen LogP contribution in [0.15, 0.2) is 42.7 Å². The van der Waals surface area contributed by atoms with Gasteiger partial charge in [-0.1, -0.05) is 6.07 Å². The van der Waals surface area contributed by atoms with Gasteiger partial charge in [0.1, 0.15) is 5.56 Å². The normalized spacial score (nSPS) is 10.6. The van der Waals surface area contributed by atoms with Crippen molar-refractivity contribution >= 4 is 11.5 Å². The minimum absolute atomic E-state index is 0.0991. The van der Waals surface area contributed by atoms with Crippen molar-refractivity contribution in [3.8, 4) is 0 Å². The van der Waals surface area contributed by atoms with Crippen LogP contribution in [0.3, 0.4) is 0 Å². The number of benzene rings is 1. The molecule has 5 nitrogen and oxygen atoms in total. The van der Waals surface area contributed by atoms with Gasteiger partial charge in [0.05, 0.1) is 10.5 Å². The van der Waals surface area contributed by atoms with Gasteiger partial charge in [-0.3, -0.25) is 19.9 Å². The van der Waals surface area contributed by atoms with Crippen LogP contribution in [0.2, 0.25) is 0 Å². The van der Waals surface area contributed by atoms with Crippen LogP contribution in [-0.4, -0.2) is 15.7 Å². The fourth-order valence-corrected chi connectivity index (χ4v) is 1.78. The van der Waals surface area contributed by atoms with Crippen LogP contribution in [0.25, 0.3) is 0 Å². The fourth-order valence-electron chi connectivity index (χ4n) is 1.78. The molecule has 7 heteroatoms. The van der Waals surface area contributed by atoms with E-state index >= 15 is 0 Å². The van der Waals surface area contributed by atoms with Crippen LogP contribution in [0.1, 0.15) is 27.9 Å². The Morgan fingerprint density at radius 2 is 2.00 bits per heavy atom. The van der Waals surface area contributed by atoms with Gasteiger partial charge in [0, 0.05) is 18.0 Å². The Bertz CT molecular complexity index is 660. The number of ketones is 1. The topological polar surface area (TPSA) is 73.1 Å². The number of hydrogen-bond acceptors (Lipinski definition) is 4. The third-order valence-corrected chi connectivity index (χ3v) is 2.65. The van der Waals surface area contributed by atoms with Crippen molar-refractivity contribution in [3.05, 3.63) is 69.5 Å². The molecule has 0 fully saturated rings. The highest BCUT2D eigenvalue weighted by Crippen LogP contribution is 2.32. The van der Waals surface area contributed by atoms with E-state index in [2.05, 4.69) is 4.98 Å². The summed E-state index contributed by atoms with van der Waals surface area (Å²) in [4.78, 5) is 25.9. The first-order valence-corrected chi connectivity index (χ1v) is 5.52. The van der Waals surface area contributed by atoms with Crippen LogP contribution in [0.4, 0.5) is 14.5 Å². The average molecular weight is 278 g/mol. The van der Waals surface area contributed by atoms with E-state index in [-0.39, 0.29) is 11.1 Å². The van der Waals surface area contributed by atoms with E-state index in [0.29, 0.717) is 0 Å². The van der Waals surface area contributed by atoms with Gasteiger partial charge in [0.25, 0.3) is 12.1 Å². The maximum absolute atomic E-state index is 12.8. The standard InChI is InChI=1S/C13H8F2N2O3/c14-13(15)10-5-1-4-9(11(10)17(19)20)12(18)8-3-2-6-16-7-8/h1-7,13H. The van der Waals surface area contributed by atoms with Crippen molar-refractivity contribution in [2.45, 2.75) is 6.43 Å². The molecule has 0 unspecified atom stereocenters. The van der Waals surface area contributed by atoms with E-state index in [9.17, 15) is 23.7 Å². The first-order valence-electron chi connectivity index (χ1n) is 5.52. The molecule has 0 atom stereocenters. The van der Waals surface area contributed by atoms with Gasteiger partial charge in [0.2, 0.25) is 5.78 Å². The maximum atomic E-state index is 12.8. The van der Waals surface area contributed by atoms with E-state index in [1.807, 2.05) is 0 Å². The molecule has 2 aromatic rings. The van der Waals surface area contributed by atoms with Crippen LogP contribution >= 0.6 is 0 Å². The number of nitrogens with zero attached hydrogens (tertiary/aromatic N) is 2. The SMILES string of the molecule is O=C(c1cccnc1)c1cccc(C(F)F)c1[N+](=O)[O-]. The summed E-state index contributed by atoms with van der Waals surface area (Å²) in [5.41, 5.74) is -1.91. The summed E-state index contributed by atoms with van der Waals surface area (Å²) in [5, 5.41) is 11.0. The van der Waals surface area contributed by atoms with Gasteiger partial charge in [-0.15, -0.1) is 0 Å². The van der Waals surface area contributed by atoms with Gasteiger partial charge < -0.3 is 0 Å². The Morgan fingerprint density at radius 1 is 1.25 bits per heavy atom. The van der Waals surface area contributed by atoms with Crippen molar-refractivity contribution < 1.29 is 18.5 Å². The summed E-state index contributed by atoms with van der Waals surface area (Å²) < 4.78 is 25.6. The molecular formula is C13H8F2N2O3. The Kier molecular flexibility index (Phi) is 3.79. The lowest BCUT2D eigenvalue weighted by Gasteiger charge is -2.06. The molecule has 0 aliphatic rings. The summed E-state index contributed by atoms with van der Waals surface area (Å²) >= 11 is 0. The van der Waals surface area contributed by atoms with Gasteiger partial charge >= 0.3 is 0 Å². The number of para-hydroxylation sites is 1. The van der Waals surface area contributed by atoms with Crippen LogP contribution < -0.4 is 0 Å². The molecule has 0 radical (unpaired) electrons. The molecule has 102 valence electrons. The Labute approximate surface area is 112 Å². The zero-order valence-electron chi connectivity index (χ0n) is 9.99. The quantitative estimate of drug-likeness (QED) is 0.489. The fraction of sp³-hybridized carbons (Fsp3) is 0.0769. The van der Waals surface area contributed by atoms with E-state index in [0.717, 1.165) is 12.1 Å². The molecular weight excluding hydrogens is 270 g/mol. The second-order valence-electron chi connectivity index (χ2n) is 3.87. The molecule has 2 rings (SSSR count). The van der Waals surface area contributed by atoms with E-state index < -0.39 is 28.4 Å². The third kappa shape index (κ3) is 2.51. The summed E-state index contributed by atoms with van der Waals surface area (Å²) in [7, 11) is 0. The first-order chi connectivity index (χ1) is 9.52. The number of carbonyl (C=O) groups is 1. The number of nitro benzene ring substituents is 1. The minimum atomic E-state index is -3.03. The number of aromatic nitrogens is 1. The number of carbonyl (C=O) groups excluding carboxylic acids is 1. The molecule has 20 heavy (non-hydrogen) atoms. The predicted molar refractivity (Wildman–Crippen MR) is 65.7 cm³/mol. The summed E-state index contributed by atoms with van der Waals surface area (Å²) in [6.07, 6.45) is -0.376. The largest absolute Gasteiger partial charge is 0.289 e. The lowest BCUT2D eigenvalue weighted by Crippen LogP contribution is -2.08. The van der Waals surface area contributed by atoms with Crippen molar-refractivity contribution in [1.82, 2.24) is 4.98 Å². The van der Waals surface area contributed by atoms with Gasteiger partial charge in [-0.25, -0.2) is 8.78 Å². The highest BCUT2D eigenvalue weighted by atomic mass is 19.3. The van der Waals surface area contributed by atoms with Gasteiger partial charge in [0.15, 0.2) is 0 Å². The molecule has 0 amide bonds. The van der Waals surface area contributed by atoms with Crippen molar-refractivity contribution in [2.24, 2.45) is 0 Å². The number of alkyl halides is 2. The average Bonchev–Trinajstić information content (AvgIpc) is 2.46. The monoisotopic (exact) mass is 278 g/mol. The van der Waals surface area contributed by atoms with E-state index in [1.54, 1.807) is 0 Å². The second kappa shape index (κ2) is 5.52. The number of rotatable bonds is 4. The molecule has 0 spiro atoms. The van der Waals surface area contributed by atoms with Crippen LogP contribution in [-0.2, 0) is 0 Å². The lowest BCUT2D eigenvalue weighted by molar-refractivity contribution is -0.386. The molecule has 1 heterocycles. The summed E-state index contributed by atoms with van der Waals surface area (Å²) in [5.74, 6) is -0.715. The summed E-state index contributed by atoms with van der Waals surface area (Å²) in [6, 6.07) is 6.17. The number of hydrogen-bond donors (Lipinski definition) is 0. The number of nitro groups is 1. The van der Waals surface area contributed by atoms with Crippen LogP contribution in [0, 0.1) is 10.1 Å². The maximum Gasteiger partial charge on any atom is 0.289 e. The lowest BCUT2D eigenvalue weighted by atomic mass is 10.00. The van der Waals surface area contributed by atoms with E-state index in [1.165, 1.54) is 30.6 Å². The van der Waals surface area contributed by atoms with Gasteiger partial charge in [-0.2, -0.15) is 0 Å². The molecule has 1 aromatic heterocycles. The predicted octanol–water partition coefficient (Wildman–Crippen LogP) is 3.16. The van der Waals surface area contributed by atoms with Crippen molar-refractivity contribution in [1.29, 1.82) is 0 Å². The third-order valence-electron chi connectivity index (χ3n) is 2.65. The smallest absolute Gasteiger partial charge is 0.288 e. The molecule has 0 bridgehead atoms. The highest BCUT2D eigenvalue weighted by Gasteiger charge is 2.29.